The molecule has 0 spiro atoms. The highest BCUT2D eigenvalue weighted by Crippen LogP contribution is 2.30. The molecule has 0 fully saturated rings. The maximum Gasteiger partial charge on any atom is 0.410 e. The van der Waals surface area contributed by atoms with Gasteiger partial charge in [-0.05, 0) is 56.2 Å². The van der Waals surface area contributed by atoms with Crippen LogP contribution in [0.1, 0.15) is 49.7 Å². The number of carbonyl (C=O) groups is 2. The molecule has 0 aliphatic rings. The molecular weight excluding hydrogens is 371 g/mol. The zero-order valence-corrected chi connectivity index (χ0v) is 16.6. The van der Waals surface area contributed by atoms with E-state index in [1.54, 1.807) is 45.9 Å². The van der Waals surface area contributed by atoms with E-state index in [1.165, 1.54) is 4.90 Å². The number of carbonyl (C=O) groups excluding carboxylic acids is 2. The lowest BCUT2D eigenvalue weighted by Crippen LogP contribution is -2.39. The lowest BCUT2D eigenvalue weighted by Gasteiger charge is -2.31. The van der Waals surface area contributed by atoms with Crippen molar-refractivity contribution in [2.75, 3.05) is 13.2 Å². The molecule has 0 heterocycles. The molecule has 0 radical (unpaired) electrons. The molecule has 0 saturated heterocycles. The van der Waals surface area contributed by atoms with Crippen LogP contribution >= 0.6 is 11.6 Å². The molecule has 2 N–H and O–H groups in total. The number of hydrogen-bond acceptors (Lipinski definition) is 3. The fourth-order valence-corrected chi connectivity index (χ4v) is 3.11. The van der Waals surface area contributed by atoms with E-state index in [0.717, 1.165) is 5.39 Å². The lowest BCUT2D eigenvalue weighted by molar-refractivity contribution is 0.0161. The van der Waals surface area contributed by atoms with Crippen molar-refractivity contribution in [3.05, 3.63) is 46.5 Å². The molecule has 0 aliphatic carbocycles. The minimum absolute atomic E-state index is 0.105. The molecule has 0 saturated carbocycles. The predicted molar refractivity (Wildman–Crippen MR) is 105 cm³/mol. The number of amides is 2. The maximum absolute atomic E-state index is 13.1. The van der Waals surface area contributed by atoms with E-state index in [0.29, 0.717) is 10.9 Å². The Morgan fingerprint density at radius 3 is 2.44 bits per heavy atom. The van der Waals surface area contributed by atoms with Crippen molar-refractivity contribution >= 4 is 34.4 Å². The second-order valence-corrected chi connectivity index (χ2v) is 7.71. The molecule has 5 nitrogen and oxygen atoms in total. The average Bonchev–Trinajstić information content (AvgIpc) is 2.56. The third kappa shape index (κ3) is 4.89. The quantitative estimate of drug-likeness (QED) is 0.787. The molecule has 0 bridgehead atoms. The summed E-state index contributed by atoms with van der Waals surface area (Å²) in [4.78, 5) is 25.6. The summed E-state index contributed by atoms with van der Waals surface area (Å²) in [5, 5.41) is 1.63. The largest absolute Gasteiger partial charge is 0.444 e. The summed E-state index contributed by atoms with van der Waals surface area (Å²) in [7, 11) is 0. The molecule has 7 heteroatoms. The second-order valence-electron chi connectivity index (χ2n) is 7.31. The van der Waals surface area contributed by atoms with E-state index >= 15 is 0 Å². The second kappa shape index (κ2) is 8.13. The normalized spacial score (nSPS) is 12.7. The Hall–Kier alpha value is -2.34. The number of primary amides is 1. The van der Waals surface area contributed by atoms with Gasteiger partial charge in [0.05, 0.1) is 23.2 Å². The molecule has 2 amide bonds. The first kappa shape index (κ1) is 21.0. The molecule has 27 heavy (non-hydrogen) atoms. The molecule has 2 aromatic rings. The monoisotopic (exact) mass is 394 g/mol. The van der Waals surface area contributed by atoms with Crippen molar-refractivity contribution in [2.24, 2.45) is 5.73 Å². The molecular formula is C20H24ClFN2O3. The van der Waals surface area contributed by atoms with Crippen molar-refractivity contribution < 1.29 is 18.7 Å². The van der Waals surface area contributed by atoms with Crippen molar-refractivity contribution in [1.29, 1.82) is 0 Å². The standard InChI is InChI=1S/C20H24ClFN2O3/c1-12(24(10-9-22)19(26)27-20(2,3)4)14-6-5-13-7-8-16(21)17(18(23)25)15(13)11-14/h5-8,11-12H,9-10H2,1-4H3,(H2,23,25). The Kier molecular flexibility index (Phi) is 6.31. The number of fused-ring (bicyclic) bond motifs is 1. The number of ether oxygens (including phenoxy) is 1. The van der Waals surface area contributed by atoms with Crippen molar-refractivity contribution in [3.8, 4) is 0 Å². The van der Waals surface area contributed by atoms with Gasteiger partial charge in [0.15, 0.2) is 0 Å². The Bertz CT molecular complexity index is 864. The lowest BCUT2D eigenvalue weighted by atomic mass is 9.98. The van der Waals surface area contributed by atoms with Gasteiger partial charge in [-0.25, -0.2) is 9.18 Å². The van der Waals surface area contributed by atoms with E-state index < -0.39 is 30.3 Å². The van der Waals surface area contributed by atoms with E-state index in [-0.39, 0.29) is 17.1 Å². The summed E-state index contributed by atoms with van der Waals surface area (Å²) in [5.41, 5.74) is 5.72. The van der Waals surface area contributed by atoms with Crippen LogP contribution < -0.4 is 5.73 Å². The van der Waals surface area contributed by atoms with Crippen LogP contribution in [-0.2, 0) is 4.74 Å². The van der Waals surface area contributed by atoms with E-state index in [9.17, 15) is 14.0 Å². The van der Waals surface area contributed by atoms with Gasteiger partial charge in [0.25, 0.3) is 5.91 Å². The molecule has 1 unspecified atom stereocenters. The highest BCUT2D eigenvalue weighted by atomic mass is 35.5. The van der Waals surface area contributed by atoms with Gasteiger partial charge in [-0.1, -0.05) is 29.8 Å². The molecule has 2 aromatic carbocycles. The molecule has 146 valence electrons. The maximum atomic E-state index is 13.1. The van der Waals surface area contributed by atoms with E-state index in [1.807, 2.05) is 12.1 Å². The number of benzene rings is 2. The van der Waals surface area contributed by atoms with Crippen LogP contribution in [0.3, 0.4) is 0 Å². The van der Waals surface area contributed by atoms with Gasteiger partial charge in [-0.15, -0.1) is 0 Å². The number of nitrogens with zero attached hydrogens (tertiary/aromatic N) is 1. The zero-order valence-electron chi connectivity index (χ0n) is 15.9. The van der Waals surface area contributed by atoms with Gasteiger partial charge in [0.2, 0.25) is 0 Å². The highest BCUT2D eigenvalue weighted by Gasteiger charge is 2.27. The Morgan fingerprint density at radius 2 is 1.89 bits per heavy atom. The molecule has 1 atom stereocenters. The number of hydrogen-bond donors (Lipinski definition) is 1. The van der Waals surface area contributed by atoms with Crippen molar-refractivity contribution in [2.45, 2.75) is 39.3 Å². The van der Waals surface area contributed by atoms with Crippen LogP contribution in [0.25, 0.3) is 10.8 Å². The van der Waals surface area contributed by atoms with Gasteiger partial charge in [-0.2, -0.15) is 0 Å². The third-order valence-corrected chi connectivity index (χ3v) is 4.46. The van der Waals surface area contributed by atoms with Crippen LogP contribution in [0.2, 0.25) is 5.02 Å². The van der Waals surface area contributed by atoms with Crippen LogP contribution in [0.5, 0.6) is 0 Å². The van der Waals surface area contributed by atoms with Gasteiger partial charge in [0.1, 0.15) is 12.3 Å². The Labute approximate surface area is 163 Å². The van der Waals surface area contributed by atoms with E-state index in [2.05, 4.69) is 0 Å². The molecule has 2 rings (SSSR count). The summed E-state index contributed by atoms with van der Waals surface area (Å²) in [6.07, 6.45) is -0.603. The number of halogens is 2. The first-order valence-electron chi connectivity index (χ1n) is 8.62. The van der Waals surface area contributed by atoms with Gasteiger partial charge in [0, 0.05) is 0 Å². The SMILES string of the molecule is CC(c1ccc2ccc(Cl)c(C(N)=O)c2c1)N(CCF)C(=O)OC(C)(C)C. The summed E-state index contributed by atoms with van der Waals surface area (Å²) in [5.74, 6) is -0.636. The molecule has 0 aliphatic heterocycles. The first-order chi connectivity index (χ1) is 12.5. The summed E-state index contributed by atoms with van der Waals surface area (Å²) in [6.45, 7) is 6.22. The van der Waals surface area contributed by atoms with Gasteiger partial charge >= 0.3 is 6.09 Å². The summed E-state index contributed by atoms with van der Waals surface area (Å²) < 4.78 is 18.4. The average molecular weight is 395 g/mol. The Balaban J connectivity index is 2.48. The van der Waals surface area contributed by atoms with Crippen LogP contribution in [0.15, 0.2) is 30.3 Å². The summed E-state index contributed by atoms with van der Waals surface area (Å²) >= 11 is 6.13. The highest BCUT2D eigenvalue weighted by molar-refractivity contribution is 6.35. The van der Waals surface area contributed by atoms with Crippen molar-refractivity contribution in [3.63, 3.8) is 0 Å². The molecule has 0 aromatic heterocycles. The van der Waals surface area contributed by atoms with Crippen LogP contribution in [-0.4, -0.2) is 35.7 Å². The summed E-state index contributed by atoms with van der Waals surface area (Å²) in [6, 6.07) is 8.31. The number of rotatable bonds is 5. The number of nitrogens with two attached hydrogens (primary N) is 1. The van der Waals surface area contributed by atoms with Crippen LogP contribution in [0, 0.1) is 0 Å². The smallest absolute Gasteiger partial charge is 0.410 e. The predicted octanol–water partition coefficient (Wildman–Crippen LogP) is 4.86. The fraction of sp³-hybridized carbons (Fsp3) is 0.400. The van der Waals surface area contributed by atoms with Crippen LogP contribution in [0.4, 0.5) is 9.18 Å². The minimum Gasteiger partial charge on any atom is -0.444 e. The fourth-order valence-electron chi connectivity index (χ4n) is 2.86. The number of alkyl halides is 1. The minimum atomic E-state index is -0.699. The van der Waals surface area contributed by atoms with Gasteiger partial charge < -0.3 is 10.5 Å². The third-order valence-electron chi connectivity index (χ3n) is 4.14. The first-order valence-corrected chi connectivity index (χ1v) is 9.00. The topological polar surface area (TPSA) is 72.6 Å². The van der Waals surface area contributed by atoms with Crippen molar-refractivity contribution in [1.82, 2.24) is 4.90 Å². The Morgan fingerprint density at radius 1 is 1.26 bits per heavy atom. The van der Waals surface area contributed by atoms with Gasteiger partial charge in [-0.3, -0.25) is 9.69 Å². The zero-order chi connectivity index (χ0) is 20.4. The van der Waals surface area contributed by atoms with E-state index in [4.69, 9.17) is 22.1 Å².